The quantitative estimate of drug-likeness (QED) is 0.535. The molecule has 0 heterocycles. The molecular formula is C9H15Cl. The van der Waals surface area contributed by atoms with Gasteiger partial charge in [0.1, 0.15) is 0 Å². The molecule has 0 fully saturated rings. The van der Waals surface area contributed by atoms with Crippen LogP contribution >= 0.6 is 11.6 Å². The molecule has 0 unspecified atom stereocenters. The van der Waals surface area contributed by atoms with Gasteiger partial charge in [0, 0.05) is 5.03 Å². The smallest absolute Gasteiger partial charge is 0.0402 e. The van der Waals surface area contributed by atoms with Gasteiger partial charge in [-0.2, -0.15) is 0 Å². The third kappa shape index (κ3) is 10.5. The lowest BCUT2D eigenvalue weighted by atomic mass is 10.4. The van der Waals surface area contributed by atoms with E-state index in [1.807, 2.05) is 32.9 Å². The van der Waals surface area contributed by atoms with Crippen LogP contribution in [0.15, 0.2) is 35.9 Å². The zero-order valence-corrected chi connectivity index (χ0v) is 7.65. The minimum Gasteiger partial charge on any atom is -0.0990 e. The van der Waals surface area contributed by atoms with Crippen molar-refractivity contribution in [3.05, 3.63) is 35.9 Å². The Morgan fingerprint density at radius 2 is 1.90 bits per heavy atom. The number of halogens is 1. The second-order valence-corrected chi connectivity index (χ2v) is 1.72. The summed E-state index contributed by atoms with van der Waals surface area (Å²) >= 11 is 5.58. The molecule has 0 nitrogen and oxygen atoms in total. The van der Waals surface area contributed by atoms with E-state index in [1.165, 1.54) is 0 Å². The lowest BCUT2D eigenvalue weighted by Gasteiger charge is -1.79. The highest BCUT2D eigenvalue weighted by molar-refractivity contribution is 6.31. The Balaban J connectivity index is 0. The van der Waals surface area contributed by atoms with Gasteiger partial charge in [-0.1, -0.05) is 44.2 Å². The van der Waals surface area contributed by atoms with Crippen molar-refractivity contribution in [2.24, 2.45) is 0 Å². The monoisotopic (exact) mass is 158 g/mol. The van der Waals surface area contributed by atoms with Crippen LogP contribution in [0.5, 0.6) is 0 Å². The number of allylic oxidation sites excluding steroid dienone is 5. The van der Waals surface area contributed by atoms with E-state index in [-0.39, 0.29) is 0 Å². The molecule has 58 valence electrons. The predicted molar refractivity (Wildman–Crippen MR) is 50.3 cm³/mol. The van der Waals surface area contributed by atoms with Crippen molar-refractivity contribution in [2.75, 3.05) is 0 Å². The second kappa shape index (κ2) is 11.3. The van der Waals surface area contributed by atoms with Crippen molar-refractivity contribution in [3.8, 4) is 0 Å². The first-order chi connectivity index (χ1) is 4.81. The van der Waals surface area contributed by atoms with Crippen molar-refractivity contribution >= 4 is 11.6 Å². The maximum atomic E-state index is 5.58. The standard InChI is InChI=1S/C7H9Cl.C2H6/c1-3-5-7(8)6-4-2;1-2/h3-6H,1H2,2H3;1-2H3/b6-4-,7-5+;. The molecule has 0 aliphatic carbocycles. The molecule has 0 aliphatic rings. The zero-order valence-electron chi connectivity index (χ0n) is 6.89. The van der Waals surface area contributed by atoms with Crippen LogP contribution in [0.2, 0.25) is 0 Å². The molecule has 0 aromatic carbocycles. The summed E-state index contributed by atoms with van der Waals surface area (Å²) in [7, 11) is 0. The Morgan fingerprint density at radius 1 is 1.40 bits per heavy atom. The normalized spacial score (nSPS) is 10.6. The van der Waals surface area contributed by atoms with Crippen LogP contribution < -0.4 is 0 Å². The molecular weight excluding hydrogens is 144 g/mol. The molecule has 0 rings (SSSR count). The summed E-state index contributed by atoms with van der Waals surface area (Å²) in [4.78, 5) is 0. The molecule has 0 aromatic heterocycles. The Hall–Kier alpha value is -0.490. The Labute approximate surface area is 68.9 Å². The highest BCUT2D eigenvalue weighted by atomic mass is 35.5. The summed E-state index contributed by atoms with van der Waals surface area (Å²) in [6.45, 7) is 9.40. The minimum absolute atomic E-state index is 0.711. The number of hydrogen-bond donors (Lipinski definition) is 0. The van der Waals surface area contributed by atoms with Gasteiger partial charge in [0.25, 0.3) is 0 Å². The molecule has 0 saturated carbocycles. The van der Waals surface area contributed by atoms with E-state index < -0.39 is 0 Å². The highest BCUT2D eigenvalue weighted by Crippen LogP contribution is 2.01. The molecule has 0 aromatic rings. The molecule has 0 N–H and O–H groups in total. The van der Waals surface area contributed by atoms with E-state index in [1.54, 1.807) is 12.2 Å². The van der Waals surface area contributed by atoms with Crippen molar-refractivity contribution in [1.82, 2.24) is 0 Å². The fourth-order valence-corrected chi connectivity index (χ4v) is 0.542. The molecule has 0 saturated heterocycles. The van der Waals surface area contributed by atoms with Crippen LogP contribution in [0.1, 0.15) is 20.8 Å². The Bertz CT molecular complexity index is 121. The fourth-order valence-electron chi connectivity index (χ4n) is 0.327. The molecule has 10 heavy (non-hydrogen) atoms. The zero-order chi connectivity index (χ0) is 8.41. The van der Waals surface area contributed by atoms with Crippen LogP contribution in [0, 0.1) is 0 Å². The van der Waals surface area contributed by atoms with Crippen LogP contribution in [0.3, 0.4) is 0 Å². The van der Waals surface area contributed by atoms with Gasteiger partial charge in [-0.25, -0.2) is 0 Å². The summed E-state index contributed by atoms with van der Waals surface area (Å²) in [6.07, 6.45) is 7.08. The predicted octanol–water partition coefficient (Wildman–Crippen LogP) is 3.90. The third-order valence-electron chi connectivity index (χ3n) is 0.603. The first-order valence-corrected chi connectivity index (χ1v) is 3.80. The second-order valence-electron chi connectivity index (χ2n) is 1.29. The maximum Gasteiger partial charge on any atom is 0.0402 e. The molecule has 0 aliphatic heterocycles. The average Bonchev–Trinajstić information content (AvgIpc) is 1.93. The van der Waals surface area contributed by atoms with Gasteiger partial charge in [0.15, 0.2) is 0 Å². The first-order valence-electron chi connectivity index (χ1n) is 3.42. The van der Waals surface area contributed by atoms with Gasteiger partial charge >= 0.3 is 0 Å². The van der Waals surface area contributed by atoms with E-state index in [4.69, 9.17) is 11.6 Å². The molecule has 0 atom stereocenters. The molecule has 1 heteroatoms. The molecule has 0 bridgehead atoms. The van der Waals surface area contributed by atoms with Crippen LogP contribution in [-0.2, 0) is 0 Å². The first kappa shape index (κ1) is 12.2. The summed E-state index contributed by atoms with van der Waals surface area (Å²) in [5.74, 6) is 0. The van der Waals surface area contributed by atoms with Crippen molar-refractivity contribution in [1.29, 1.82) is 0 Å². The third-order valence-corrected chi connectivity index (χ3v) is 0.855. The fraction of sp³-hybridized carbons (Fsp3) is 0.333. The van der Waals surface area contributed by atoms with Crippen LogP contribution in [0.4, 0.5) is 0 Å². The van der Waals surface area contributed by atoms with Crippen molar-refractivity contribution in [2.45, 2.75) is 20.8 Å². The van der Waals surface area contributed by atoms with Crippen molar-refractivity contribution in [3.63, 3.8) is 0 Å². The van der Waals surface area contributed by atoms with E-state index >= 15 is 0 Å². The van der Waals surface area contributed by atoms with Crippen molar-refractivity contribution < 1.29 is 0 Å². The lowest BCUT2D eigenvalue weighted by Crippen LogP contribution is -1.56. The number of hydrogen-bond acceptors (Lipinski definition) is 0. The molecule has 0 spiro atoms. The van der Waals surface area contributed by atoms with Crippen LogP contribution in [-0.4, -0.2) is 0 Å². The summed E-state index contributed by atoms with van der Waals surface area (Å²) in [5.41, 5.74) is 0. The molecule has 0 radical (unpaired) electrons. The summed E-state index contributed by atoms with van der Waals surface area (Å²) in [6, 6.07) is 0. The van der Waals surface area contributed by atoms with E-state index in [0.29, 0.717) is 5.03 Å². The van der Waals surface area contributed by atoms with Crippen LogP contribution in [0.25, 0.3) is 0 Å². The SMILES string of the molecule is C=C/C=C(Cl)\C=C/C.CC. The van der Waals surface area contributed by atoms with E-state index in [2.05, 4.69) is 6.58 Å². The largest absolute Gasteiger partial charge is 0.0990 e. The lowest BCUT2D eigenvalue weighted by molar-refractivity contribution is 1.50. The molecule has 0 amide bonds. The van der Waals surface area contributed by atoms with E-state index in [9.17, 15) is 0 Å². The highest BCUT2D eigenvalue weighted by Gasteiger charge is 1.75. The van der Waals surface area contributed by atoms with Gasteiger partial charge in [0.05, 0.1) is 0 Å². The summed E-state index contributed by atoms with van der Waals surface area (Å²) < 4.78 is 0. The van der Waals surface area contributed by atoms with Gasteiger partial charge in [-0.3, -0.25) is 0 Å². The summed E-state index contributed by atoms with van der Waals surface area (Å²) in [5, 5.41) is 0.711. The minimum atomic E-state index is 0.711. The van der Waals surface area contributed by atoms with Gasteiger partial charge < -0.3 is 0 Å². The number of rotatable bonds is 2. The van der Waals surface area contributed by atoms with Gasteiger partial charge in [-0.15, -0.1) is 0 Å². The Morgan fingerprint density at radius 3 is 2.20 bits per heavy atom. The maximum absolute atomic E-state index is 5.58. The van der Waals surface area contributed by atoms with E-state index in [0.717, 1.165) is 0 Å². The van der Waals surface area contributed by atoms with Gasteiger partial charge in [-0.05, 0) is 19.1 Å². The average molecular weight is 159 g/mol. The van der Waals surface area contributed by atoms with Gasteiger partial charge in [0.2, 0.25) is 0 Å². The Kier molecular flexibility index (Phi) is 13.8. The topological polar surface area (TPSA) is 0 Å².